The number of hydrogen-bond donors (Lipinski definition) is 2. The molecule has 1 aliphatic carbocycles. The second-order valence-corrected chi connectivity index (χ2v) is 7.36. The van der Waals surface area contributed by atoms with Crippen molar-refractivity contribution in [2.75, 3.05) is 18.8 Å². The van der Waals surface area contributed by atoms with Crippen molar-refractivity contribution in [3.8, 4) is 0 Å². The van der Waals surface area contributed by atoms with Gasteiger partial charge in [-0.05, 0) is 32.2 Å². The van der Waals surface area contributed by atoms with Crippen LogP contribution in [0.2, 0.25) is 0 Å². The Kier molecular flexibility index (Phi) is 5.18. The molecule has 1 saturated heterocycles. The first-order valence-corrected chi connectivity index (χ1v) is 8.47. The first-order chi connectivity index (χ1) is 8.70. The third kappa shape index (κ3) is 3.54. The van der Waals surface area contributed by atoms with Crippen LogP contribution in [0.15, 0.2) is 0 Å². The van der Waals surface area contributed by atoms with E-state index in [1.807, 2.05) is 6.92 Å². The number of carbonyl (C=O) groups is 1. The summed E-state index contributed by atoms with van der Waals surface area (Å²) < 4.78 is 11.8. The summed E-state index contributed by atoms with van der Waals surface area (Å²) in [5.74, 6) is 1.06. The fourth-order valence-electron chi connectivity index (χ4n) is 2.95. The van der Waals surface area contributed by atoms with E-state index in [4.69, 9.17) is 0 Å². The van der Waals surface area contributed by atoms with Gasteiger partial charge in [-0.2, -0.15) is 0 Å². The first-order valence-electron chi connectivity index (χ1n) is 7.09. The Morgan fingerprint density at radius 2 is 2.22 bits per heavy atom. The summed E-state index contributed by atoms with van der Waals surface area (Å²) in [5.41, 5.74) is 0. The van der Waals surface area contributed by atoms with E-state index in [1.165, 1.54) is 0 Å². The van der Waals surface area contributed by atoms with Gasteiger partial charge < -0.3 is 10.6 Å². The van der Waals surface area contributed by atoms with Crippen molar-refractivity contribution in [3.05, 3.63) is 0 Å². The van der Waals surface area contributed by atoms with E-state index in [-0.39, 0.29) is 23.1 Å². The molecule has 5 heteroatoms. The molecule has 1 amide bonds. The van der Waals surface area contributed by atoms with Crippen LogP contribution in [0.1, 0.15) is 39.0 Å². The van der Waals surface area contributed by atoms with E-state index in [2.05, 4.69) is 10.6 Å². The van der Waals surface area contributed by atoms with Crippen LogP contribution >= 0.6 is 0 Å². The predicted octanol–water partition coefficient (Wildman–Crippen LogP) is 0.792. The highest BCUT2D eigenvalue weighted by molar-refractivity contribution is 7.85. The van der Waals surface area contributed by atoms with Gasteiger partial charge >= 0.3 is 0 Å². The molecule has 4 nitrogen and oxygen atoms in total. The molecule has 2 fully saturated rings. The minimum Gasteiger partial charge on any atom is -0.353 e. The molecule has 0 radical (unpaired) electrons. The van der Waals surface area contributed by atoms with Gasteiger partial charge in [0.05, 0.1) is 5.92 Å². The van der Waals surface area contributed by atoms with Gasteiger partial charge in [-0.15, -0.1) is 0 Å². The molecule has 0 aromatic carbocycles. The fraction of sp³-hybridized carbons (Fsp3) is 0.923. The van der Waals surface area contributed by atoms with Crippen molar-refractivity contribution >= 4 is 16.7 Å². The maximum absolute atomic E-state index is 12.0. The second-order valence-electron chi connectivity index (χ2n) is 5.35. The fourth-order valence-corrected chi connectivity index (χ4v) is 4.30. The lowest BCUT2D eigenvalue weighted by molar-refractivity contribution is -0.125. The van der Waals surface area contributed by atoms with Crippen molar-refractivity contribution in [1.29, 1.82) is 0 Å². The Morgan fingerprint density at radius 1 is 1.39 bits per heavy atom. The molecule has 0 aromatic rings. The monoisotopic (exact) mass is 272 g/mol. The van der Waals surface area contributed by atoms with Crippen molar-refractivity contribution in [2.24, 2.45) is 5.92 Å². The Bertz CT molecular complexity index is 316. The molecule has 1 aliphatic heterocycles. The van der Waals surface area contributed by atoms with Gasteiger partial charge in [0.1, 0.15) is 0 Å². The molecule has 4 atom stereocenters. The molecular formula is C13H24N2O2S. The third-order valence-corrected chi connectivity index (χ3v) is 5.80. The highest BCUT2D eigenvalue weighted by Gasteiger charge is 2.29. The Balaban J connectivity index is 1.81. The molecule has 1 heterocycles. The molecule has 0 bridgehead atoms. The molecule has 0 spiro atoms. The zero-order chi connectivity index (χ0) is 13.0. The van der Waals surface area contributed by atoms with Gasteiger partial charge in [-0.3, -0.25) is 9.00 Å². The molecule has 2 aliphatic rings. The van der Waals surface area contributed by atoms with Gasteiger partial charge in [-0.25, -0.2) is 0 Å². The highest BCUT2D eigenvalue weighted by atomic mass is 32.2. The molecule has 2 rings (SSSR count). The molecular weight excluding hydrogens is 248 g/mol. The van der Waals surface area contributed by atoms with Crippen LogP contribution in [0.5, 0.6) is 0 Å². The lowest BCUT2D eigenvalue weighted by atomic mass is 9.94. The lowest BCUT2D eigenvalue weighted by Crippen LogP contribution is -2.43. The van der Waals surface area contributed by atoms with Gasteiger partial charge in [0.25, 0.3) is 0 Å². The summed E-state index contributed by atoms with van der Waals surface area (Å²) in [6.45, 7) is 3.73. The van der Waals surface area contributed by atoms with E-state index in [9.17, 15) is 9.00 Å². The summed E-state index contributed by atoms with van der Waals surface area (Å²) >= 11 is 0. The maximum atomic E-state index is 12.0. The normalized spacial score (nSPS) is 34.2. The number of rotatable bonds is 4. The smallest absolute Gasteiger partial charge is 0.224 e. The Morgan fingerprint density at radius 3 is 2.89 bits per heavy atom. The maximum Gasteiger partial charge on any atom is 0.224 e. The van der Waals surface area contributed by atoms with E-state index in [1.54, 1.807) is 0 Å². The van der Waals surface area contributed by atoms with Crippen LogP contribution in [0.25, 0.3) is 0 Å². The quantitative estimate of drug-likeness (QED) is 0.795. The molecule has 104 valence electrons. The minimum absolute atomic E-state index is 0.141. The predicted molar refractivity (Wildman–Crippen MR) is 73.8 cm³/mol. The van der Waals surface area contributed by atoms with Crippen LogP contribution in [-0.4, -0.2) is 40.3 Å². The molecule has 2 N–H and O–H groups in total. The Hall–Kier alpha value is -0.420. The summed E-state index contributed by atoms with van der Waals surface area (Å²) in [5, 5.41) is 6.66. The minimum atomic E-state index is -0.715. The topological polar surface area (TPSA) is 58.2 Å². The van der Waals surface area contributed by atoms with E-state index in [0.717, 1.165) is 50.9 Å². The van der Waals surface area contributed by atoms with Crippen LogP contribution in [0, 0.1) is 5.92 Å². The summed E-state index contributed by atoms with van der Waals surface area (Å²) in [6, 6.07) is 0.243. The van der Waals surface area contributed by atoms with E-state index in [0.29, 0.717) is 0 Å². The molecule has 18 heavy (non-hydrogen) atoms. The molecule has 4 unspecified atom stereocenters. The average molecular weight is 272 g/mol. The van der Waals surface area contributed by atoms with Crippen LogP contribution in [0.4, 0.5) is 0 Å². The number of hydrogen-bond acceptors (Lipinski definition) is 3. The number of carbonyl (C=O) groups excluding carboxylic acids is 1. The lowest BCUT2D eigenvalue weighted by Gasteiger charge is -2.29. The first kappa shape index (κ1) is 14.0. The van der Waals surface area contributed by atoms with Crippen LogP contribution in [-0.2, 0) is 15.6 Å². The standard InChI is InChI=1S/C13H24N2O2S/c1-2-18(17)12-5-3-4-11(8-12)15-13(16)10-6-7-14-9-10/h10-12,14H,2-9H2,1H3,(H,15,16). The molecule has 0 aromatic heterocycles. The van der Waals surface area contributed by atoms with Gasteiger partial charge in [0.2, 0.25) is 5.91 Å². The molecule has 1 saturated carbocycles. The summed E-state index contributed by atoms with van der Waals surface area (Å²) in [4.78, 5) is 12.0. The zero-order valence-corrected chi connectivity index (χ0v) is 11.9. The number of nitrogens with one attached hydrogen (secondary N) is 2. The van der Waals surface area contributed by atoms with E-state index >= 15 is 0 Å². The summed E-state index contributed by atoms with van der Waals surface area (Å²) in [7, 11) is -0.715. The van der Waals surface area contributed by atoms with Gasteiger partial charge in [0, 0.05) is 34.4 Å². The third-order valence-electron chi connectivity index (χ3n) is 4.06. The number of amides is 1. The average Bonchev–Trinajstić information content (AvgIpc) is 2.92. The van der Waals surface area contributed by atoms with Crippen LogP contribution in [0.3, 0.4) is 0 Å². The zero-order valence-electron chi connectivity index (χ0n) is 11.1. The Labute approximate surface area is 112 Å². The largest absolute Gasteiger partial charge is 0.353 e. The van der Waals surface area contributed by atoms with Crippen molar-refractivity contribution in [2.45, 2.75) is 50.3 Å². The van der Waals surface area contributed by atoms with Crippen LogP contribution < -0.4 is 10.6 Å². The van der Waals surface area contributed by atoms with Crippen molar-refractivity contribution < 1.29 is 9.00 Å². The SMILES string of the molecule is CCS(=O)C1CCCC(NC(=O)C2CCNC2)C1. The highest BCUT2D eigenvalue weighted by Crippen LogP contribution is 2.23. The van der Waals surface area contributed by atoms with Crippen molar-refractivity contribution in [3.63, 3.8) is 0 Å². The van der Waals surface area contributed by atoms with Gasteiger partial charge in [-0.1, -0.05) is 13.3 Å². The van der Waals surface area contributed by atoms with Crippen molar-refractivity contribution in [1.82, 2.24) is 10.6 Å². The van der Waals surface area contributed by atoms with Gasteiger partial charge in [0.15, 0.2) is 0 Å². The second kappa shape index (κ2) is 6.66. The summed E-state index contributed by atoms with van der Waals surface area (Å²) in [6.07, 6.45) is 5.03. The van der Waals surface area contributed by atoms with E-state index < -0.39 is 10.8 Å².